The number of carbonyl (C=O) groups excluding carboxylic acids is 2. The highest BCUT2D eigenvalue weighted by molar-refractivity contribution is 6.03. The van der Waals surface area contributed by atoms with Crippen LogP contribution in [-0.2, 0) is 11.3 Å². The molecule has 0 fully saturated rings. The third kappa shape index (κ3) is 4.63. The minimum Gasteiger partial charge on any atom is -0.461 e. The number of hydrogen-bond donors (Lipinski definition) is 1. The largest absolute Gasteiger partial charge is 0.461 e. The summed E-state index contributed by atoms with van der Waals surface area (Å²) >= 11 is 0. The van der Waals surface area contributed by atoms with Crippen LogP contribution < -0.4 is 0 Å². The standard InChI is InChI=1S/C22H26N4O3/c1-5-29-22(28)21-15(2)20(16(3)24-21)19(27)14-25(4)12-17-11-23-26(13-17)18-9-7-6-8-10-18/h6-11,13,24H,5,12,14H2,1-4H3. The number of hydrogen-bond acceptors (Lipinski definition) is 5. The van der Waals surface area contributed by atoms with Crippen LogP contribution in [0.4, 0.5) is 0 Å². The number of para-hydroxylation sites is 1. The fourth-order valence-electron chi connectivity index (χ4n) is 3.43. The lowest BCUT2D eigenvalue weighted by Gasteiger charge is -2.15. The van der Waals surface area contributed by atoms with E-state index in [1.807, 2.05) is 53.2 Å². The first-order valence-electron chi connectivity index (χ1n) is 9.57. The molecule has 152 valence electrons. The molecule has 29 heavy (non-hydrogen) atoms. The second-order valence-corrected chi connectivity index (χ2v) is 7.07. The van der Waals surface area contributed by atoms with Crippen molar-refractivity contribution in [1.82, 2.24) is 19.7 Å². The lowest BCUT2D eigenvalue weighted by molar-refractivity contribution is 0.0519. The molecule has 7 heteroatoms. The minimum absolute atomic E-state index is 0.0373. The number of aryl methyl sites for hydroxylation is 1. The molecule has 1 N–H and O–H groups in total. The summed E-state index contributed by atoms with van der Waals surface area (Å²) < 4.78 is 6.87. The maximum Gasteiger partial charge on any atom is 0.355 e. The minimum atomic E-state index is -0.436. The monoisotopic (exact) mass is 394 g/mol. The number of H-pyrrole nitrogens is 1. The molecule has 0 unspecified atom stereocenters. The summed E-state index contributed by atoms with van der Waals surface area (Å²) in [5.41, 5.74) is 4.22. The van der Waals surface area contributed by atoms with Gasteiger partial charge < -0.3 is 9.72 Å². The fourth-order valence-corrected chi connectivity index (χ4v) is 3.43. The number of rotatable bonds is 8. The number of nitrogens with one attached hydrogen (secondary N) is 1. The Hall–Kier alpha value is -3.19. The number of benzene rings is 1. The van der Waals surface area contributed by atoms with Gasteiger partial charge in [-0.25, -0.2) is 9.48 Å². The van der Waals surface area contributed by atoms with Gasteiger partial charge in [-0.3, -0.25) is 9.69 Å². The number of ether oxygens (including phenoxy) is 1. The molecule has 0 aliphatic heterocycles. The van der Waals surface area contributed by atoms with Gasteiger partial charge in [-0.05, 0) is 45.5 Å². The Morgan fingerprint density at radius 1 is 1.21 bits per heavy atom. The van der Waals surface area contributed by atoms with E-state index >= 15 is 0 Å². The molecule has 0 radical (unpaired) electrons. The van der Waals surface area contributed by atoms with Gasteiger partial charge >= 0.3 is 5.97 Å². The quantitative estimate of drug-likeness (QED) is 0.468. The van der Waals surface area contributed by atoms with Gasteiger partial charge in [-0.15, -0.1) is 0 Å². The van der Waals surface area contributed by atoms with Crippen LogP contribution in [0.5, 0.6) is 0 Å². The van der Waals surface area contributed by atoms with Crippen molar-refractivity contribution in [3.05, 3.63) is 70.8 Å². The highest BCUT2D eigenvalue weighted by Gasteiger charge is 2.23. The summed E-state index contributed by atoms with van der Waals surface area (Å²) in [7, 11) is 1.89. The first-order valence-corrected chi connectivity index (χ1v) is 9.57. The summed E-state index contributed by atoms with van der Waals surface area (Å²) in [6, 6.07) is 9.87. The Bertz CT molecular complexity index is 1000. The Morgan fingerprint density at radius 3 is 2.62 bits per heavy atom. The van der Waals surface area contributed by atoms with Crippen molar-refractivity contribution >= 4 is 11.8 Å². The average molecular weight is 394 g/mol. The van der Waals surface area contributed by atoms with E-state index in [1.165, 1.54) is 0 Å². The van der Waals surface area contributed by atoms with Crippen molar-refractivity contribution < 1.29 is 14.3 Å². The van der Waals surface area contributed by atoms with E-state index in [2.05, 4.69) is 10.1 Å². The number of likely N-dealkylation sites (N-methyl/N-ethyl adjacent to an activating group) is 1. The van der Waals surface area contributed by atoms with Crippen LogP contribution in [0.1, 0.15) is 44.6 Å². The SMILES string of the molecule is CCOC(=O)c1[nH]c(C)c(C(=O)CN(C)Cc2cnn(-c3ccccc3)c2)c1C. The maximum atomic E-state index is 12.9. The lowest BCUT2D eigenvalue weighted by atomic mass is 10.1. The van der Waals surface area contributed by atoms with Gasteiger partial charge in [-0.2, -0.15) is 5.10 Å². The van der Waals surface area contributed by atoms with Crippen LogP contribution in [0.25, 0.3) is 5.69 Å². The zero-order valence-electron chi connectivity index (χ0n) is 17.2. The number of nitrogens with zero attached hydrogens (tertiary/aromatic N) is 3. The lowest BCUT2D eigenvalue weighted by Crippen LogP contribution is -2.26. The molecule has 0 bridgehead atoms. The number of aromatic nitrogens is 3. The van der Waals surface area contributed by atoms with Gasteiger partial charge in [0.15, 0.2) is 5.78 Å². The number of carbonyl (C=O) groups is 2. The molecule has 2 heterocycles. The molecule has 7 nitrogen and oxygen atoms in total. The van der Waals surface area contributed by atoms with E-state index in [0.29, 0.717) is 35.7 Å². The summed E-state index contributed by atoms with van der Waals surface area (Å²) in [6.45, 7) is 6.44. The zero-order valence-corrected chi connectivity index (χ0v) is 17.2. The van der Waals surface area contributed by atoms with Crippen molar-refractivity contribution in [2.45, 2.75) is 27.3 Å². The van der Waals surface area contributed by atoms with E-state index < -0.39 is 5.97 Å². The number of Topliss-reactive ketones (excluding diaryl/α,β-unsaturated/α-hetero) is 1. The Morgan fingerprint density at radius 2 is 1.93 bits per heavy atom. The second kappa shape index (κ2) is 8.87. The normalized spacial score (nSPS) is 11.1. The smallest absolute Gasteiger partial charge is 0.355 e. The van der Waals surface area contributed by atoms with Crippen molar-refractivity contribution in [3.8, 4) is 5.69 Å². The third-order valence-corrected chi connectivity index (χ3v) is 4.72. The highest BCUT2D eigenvalue weighted by atomic mass is 16.5. The molecule has 3 rings (SSSR count). The van der Waals surface area contributed by atoms with Crippen LogP contribution in [0.15, 0.2) is 42.7 Å². The van der Waals surface area contributed by atoms with Crippen LogP contribution in [0.2, 0.25) is 0 Å². The Balaban J connectivity index is 1.67. The third-order valence-electron chi connectivity index (χ3n) is 4.72. The first-order chi connectivity index (χ1) is 13.9. The second-order valence-electron chi connectivity index (χ2n) is 7.07. The van der Waals surface area contributed by atoms with Gasteiger partial charge in [0.25, 0.3) is 0 Å². The number of ketones is 1. The Labute approximate surface area is 170 Å². The summed E-state index contributed by atoms with van der Waals surface area (Å²) in [5.74, 6) is -0.474. The molecule has 0 aliphatic carbocycles. The van der Waals surface area contributed by atoms with Crippen molar-refractivity contribution in [1.29, 1.82) is 0 Å². The van der Waals surface area contributed by atoms with E-state index in [4.69, 9.17) is 4.74 Å². The maximum absolute atomic E-state index is 12.9. The highest BCUT2D eigenvalue weighted by Crippen LogP contribution is 2.20. The molecule has 3 aromatic rings. The molecular formula is C22H26N4O3. The van der Waals surface area contributed by atoms with Gasteiger partial charge in [0.1, 0.15) is 5.69 Å². The Kier molecular flexibility index (Phi) is 6.29. The summed E-state index contributed by atoms with van der Waals surface area (Å²) in [4.78, 5) is 29.9. The van der Waals surface area contributed by atoms with E-state index in [-0.39, 0.29) is 12.3 Å². The number of esters is 1. The zero-order chi connectivity index (χ0) is 21.0. The average Bonchev–Trinajstić information content (AvgIpc) is 3.26. The predicted octanol–water partition coefficient (Wildman–Crippen LogP) is 3.31. The molecule has 0 saturated carbocycles. The van der Waals surface area contributed by atoms with Crippen LogP contribution in [-0.4, -0.2) is 51.6 Å². The van der Waals surface area contributed by atoms with Crippen LogP contribution in [0.3, 0.4) is 0 Å². The van der Waals surface area contributed by atoms with E-state index in [0.717, 1.165) is 11.3 Å². The van der Waals surface area contributed by atoms with Gasteiger partial charge in [0.05, 0.1) is 25.0 Å². The molecule has 0 atom stereocenters. The predicted molar refractivity (Wildman–Crippen MR) is 110 cm³/mol. The van der Waals surface area contributed by atoms with Crippen molar-refractivity contribution in [2.75, 3.05) is 20.2 Å². The molecule has 0 spiro atoms. The van der Waals surface area contributed by atoms with Gasteiger partial charge in [0, 0.05) is 29.6 Å². The molecular weight excluding hydrogens is 368 g/mol. The molecule has 1 aromatic carbocycles. The topological polar surface area (TPSA) is 80.2 Å². The van der Waals surface area contributed by atoms with Crippen LogP contribution >= 0.6 is 0 Å². The molecule has 2 aromatic heterocycles. The van der Waals surface area contributed by atoms with E-state index in [9.17, 15) is 9.59 Å². The van der Waals surface area contributed by atoms with Crippen molar-refractivity contribution in [2.24, 2.45) is 0 Å². The fraction of sp³-hybridized carbons (Fsp3) is 0.318. The van der Waals surface area contributed by atoms with Gasteiger partial charge in [-0.1, -0.05) is 18.2 Å². The number of aromatic amines is 1. The van der Waals surface area contributed by atoms with Crippen molar-refractivity contribution in [3.63, 3.8) is 0 Å². The van der Waals surface area contributed by atoms with Crippen LogP contribution in [0, 0.1) is 13.8 Å². The van der Waals surface area contributed by atoms with E-state index in [1.54, 1.807) is 27.0 Å². The molecule has 0 aliphatic rings. The molecule has 0 amide bonds. The van der Waals surface area contributed by atoms with Gasteiger partial charge in [0.2, 0.25) is 0 Å². The first kappa shape index (κ1) is 20.5. The summed E-state index contributed by atoms with van der Waals surface area (Å²) in [6.07, 6.45) is 3.77. The summed E-state index contributed by atoms with van der Waals surface area (Å²) in [5, 5.41) is 4.39. The molecule has 0 saturated heterocycles.